The minimum Gasteiger partial charge on any atom is -0.455 e. The van der Waals surface area contributed by atoms with Crippen LogP contribution in [-0.4, -0.2) is 32.0 Å². The minimum absolute atomic E-state index is 0.296. The highest BCUT2D eigenvalue weighted by Crippen LogP contribution is 2.41. The number of aromatic nitrogens is 1. The van der Waals surface area contributed by atoms with Crippen LogP contribution in [-0.2, 0) is 0 Å². The van der Waals surface area contributed by atoms with Gasteiger partial charge in [0.15, 0.2) is 5.58 Å². The van der Waals surface area contributed by atoms with E-state index in [-0.39, 0.29) is 11.7 Å². The number of furan rings is 1. The molecule has 0 aliphatic carbocycles. The number of benzene rings is 4. The number of carbonyl (C=O) groups is 1. The van der Waals surface area contributed by atoms with E-state index in [2.05, 4.69) is 10.3 Å². The number of amides is 1. The minimum atomic E-state index is -0.365. The predicted molar refractivity (Wildman–Crippen MR) is 153 cm³/mol. The van der Waals surface area contributed by atoms with Crippen LogP contribution in [0.1, 0.15) is 10.4 Å². The van der Waals surface area contributed by atoms with E-state index in [1.54, 1.807) is 31.3 Å². The zero-order valence-corrected chi connectivity index (χ0v) is 22.1. The van der Waals surface area contributed by atoms with Gasteiger partial charge in [-0.1, -0.05) is 23.7 Å². The molecule has 0 spiro atoms. The zero-order chi connectivity index (χ0) is 27.3. The highest BCUT2D eigenvalue weighted by atomic mass is 35.5. The van der Waals surface area contributed by atoms with Crippen LogP contribution in [0.25, 0.3) is 56.0 Å². The van der Waals surface area contributed by atoms with Gasteiger partial charge in [0.2, 0.25) is 5.89 Å². The van der Waals surface area contributed by atoms with Gasteiger partial charge in [-0.25, -0.2) is 9.37 Å². The van der Waals surface area contributed by atoms with Gasteiger partial charge in [0.05, 0.1) is 5.56 Å². The summed E-state index contributed by atoms with van der Waals surface area (Å²) < 4.78 is 25.8. The summed E-state index contributed by atoms with van der Waals surface area (Å²) in [6.45, 7) is 0. The molecule has 8 heteroatoms. The van der Waals surface area contributed by atoms with Crippen molar-refractivity contribution in [1.29, 1.82) is 0 Å². The van der Waals surface area contributed by atoms with Crippen molar-refractivity contribution >= 4 is 45.3 Å². The van der Waals surface area contributed by atoms with Crippen molar-refractivity contribution in [2.45, 2.75) is 0 Å². The second-order valence-corrected chi connectivity index (χ2v) is 9.80. The van der Waals surface area contributed by atoms with Gasteiger partial charge in [-0.15, -0.1) is 0 Å². The Hall–Kier alpha value is -4.62. The van der Waals surface area contributed by atoms with E-state index in [1.807, 2.05) is 61.5 Å². The molecule has 2 heterocycles. The maximum atomic E-state index is 13.6. The molecule has 2 aromatic heterocycles. The third-order valence-electron chi connectivity index (χ3n) is 6.62. The Bertz CT molecular complexity index is 1870. The van der Waals surface area contributed by atoms with Crippen molar-refractivity contribution in [2.75, 3.05) is 26.0 Å². The SMILES string of the molecule is CNC(=O)c1c(-c2ccc(F)cc2)oc2cc(N(C)C)c(-c3cccc(-c4nc5ccc(Cl)cc5o4)c3)cc12. The van der Waals surface area contributed by atoms with E-state index in [1.165, 1.54) is 12.1 Å². The molecule has 0 aliphatic heterocycles. The second-order valence-electron chi connectivity index (χ2n) is 9.36. The summed E-state index contributed by atoms with van der Waals surface area (Å²) in [6.07, 6.45) is 0. The van der Waals surface area contributed by atoms with Crippen LogP contribution >= 0.6 is 11.6 Å². The number of hydrogen-bond donors (Lipinski definition) is 1. The highest BCUT2D eigenvalue weighted by molar-refractivity contribution is 6.31. The third kappa shape index (κ3) is 4.41. The Morgan fingerprint density at radius 2 is 1.67 bits per heavy atom. The summed E-state index contributed by atoms with van der Waals surface area (Å²) in [4.78, 5) is 19.7. The van der Waals surface area contributed by atoms with Gasteiger partial charge in [-0.05, 0) is 60.2 Å². The van der Waals surface area contributed by atoms with Crippen molar-refractivity contribution in [3.63, 3.8) is 0 Å². The van der Waals surface area contributed by atoms with Crippen molar-refractivity contribution in [3.8, 4) is 33.9 Å². The molecular formula is C31H23ClFN3O3. The Morgan fingerprint density at radius 3 is 2.41 bits per heavy atom. The molecule has 0 atom stereocenters. The molecule has 0 radical (unpaired) electrons. The summed E-state index contributed by atoms with van der Waals surface area (Å²) in [6, 6.07) is 23.0. The maximum Gasteiger partial charge on any atom is 0.255 e. The number of rotatable bonds is 5. The van der Waals surface area contributed by atoms with Gasteiger partial charge in [0.1, 0.15) is 22.7 Å². The smallest absolute Gasteiger partial charge is 0.255 e. The molecule has 6 aromatic rings. The number of fused-ring (bicyclic) bond motifs is 2. The van der Waals surface area contributed by atoms with Gasteiger partial charge < -0.3 is 19.1 Å². The molecule has 39 heavy (non-hydrogen) atoms. The predicted octanol–water partition coefficient (Wildman–Crippen LogP) is 7.79. The quantitative estimate of drug-likeness (QED) is 0.242. The summed E-state index contributed by atoms with van der Waals surface area (Å²) in [5, 5.41) is 3.94. The van der Waals surface area contributed by atoms with Gasteiger partial charge in [0.25, 0.3) is 5.91 Å². The highest BCUT2D eigenvalue weighted by Gasteiger charge is 2.24. The molecule has 4 aromatic carbocycles. The largest absolute Gasteiger partial charge is 0.455 e. The molecule has 6 nitrogen and oxygen atoms in total. The fourth-order valence-corrected chi connectivity index (χ4v) is 4.89. The lowest BCUT2D eigenvalue weighted by atomic mass is 9.97. The number of oxazole rings is 1. The fourth-order valence-electron chi connectivity index (χ4n) is 4.73. The average molecular weight is 540 g/mol. The first-order valence-corrected chi connectivity index (χ1v) is 12.6. The Morgan fingerprint density at radius 1 is 0.897 bits per heavy atom. The van der Waals surface area contributed by atoms with E-state index in [9.17, 15) is 9.18 Å². The zero-order valence-electron chi connectivity index (χ0n) is 21.4. The Kier molecular flexibility index (Phi) is 6.08. The van der Waals surface area contributed by atoms with Crippen LogP contribution in [0.3, 0.4) is 0 Å². The van der Waals surface area contributed by atoms with Crippen molar-refractivity contribution in [1.82, 2.24) is 10.3 Å². The molecular weight excluding hydrogens is 517 g/mol. The van der Waals surface area contributed by atoms with E-state index in [0.717, 1.165) is 27.9 Å². The van der Waals surface area contributed by atoms with Gasteiger partial charge in [-0.2, -0.15) is 0 Å². The molecule has 0 fully saturated rings. The molecule has 194 valence electrons. The van der Waals surface area contributed by atoms with Gasteiger partial charge >= 0.3 is 0 Å². The summed E-state index contributed by atoms with van der Waals surface area (Å²) in [5.41, 5.74) is 6.37. The molecule has 0 saturated carbocycles. The lowest BCUT2D eigenvalue weighted by molar-refractivity contribution is 0.0964. The summed E-state index contributed by atoms with van der Waals surface area (Å²) in [5.74, 6) is 0.200. The number of carbonyl (C=O) groups excluding carboxylic acids is 1. The molecule has 0 aliphatic rings. The van der Waals surface area contributed by atoms with Crippen LogP contribution in [0.4, 0.5) is 10.1 Å². The van der Waals surface area contributed by atoms with Gasteiger partial charge in [-0.3, -0.25) is 4.79 Å². The summed E-state index contributed by atoms with van der Waals surface area (Å²) in [7, 11) is 5.47. The van der Waals surface area contributed by atoms with E-state index >= 15 is 0 Å². The number of nitrogens with one attached hydrogen (secondary N) is 1. The Labute approximate surface area is 228 Å². The Balaban J connectivity index is 1.55. The lowest BCUT2D eigenvalue weighted by Crippen LogP contribution is -2.18. The number of hydrogen-bond acceptors (Lipinski definition) is 5. The maximum absolute atomic E-state index is 13.6. The van der Waals surface area contributed by atoms with E-state index in [4.69, 9.17) is 20.4 Å². The van der Waals surface area contributed by atoms with Crippen LogP contribution < -0.4 is 10.2 Å². The van der Waals surface area contributed by atoms with E-state index in [0.29, 0.717) is 44.4 Å². The topological polar surface area (TPSA) is 71.5 Å². The third-order valence-corrected chi connectivity index (χ3v) is 6.85. The van der Waals surface area contributed by atoms with Crippen molar-refractivity contribution in [3.05, 3.63) is 95.3 Å². The van der Waals surface area contributed by atoms with Crippen LogP contribution in [0, 0.1) is 5.82 Å². The van der Waals surface area contributed by atoms with Crippen LogP contribution in [0.2, 0.25) is 5.02 Å². The van der Waals surface area contributed by atoms with E-state index < -0.39 is 0 Å². The first kappa shape index (κ1) is 24.7. The molecule has 1 amide bonds. The van der Waals surface area contributed by atoms with Crippen molar-refractivity contribution < 1.29 is 18.0 Å². The van der Waals surface area contributed by atoms with Crippen LogP contribution in [0.15, 0.2) is 87.7 Å². The number of nitrogens with zero attached hydrogens (tertiary/aromatic N) is 2. The second kappa shape index (κ2) is 9.60. The first-order valence-electron chi connectivity index (χ1n) is 12.2. The molecule has 1 N–H and O–H groups in total. The monoisotopic (exact) mass is 539 g/mol. The standard InChI is InChI=1S/C31H23ClFN3O3/c1-34-30(37)28-23-15-22(25(36(2)3)16-26(23)38-29(28)17-7-10-21(33)11-8-17)18-5-4-6-19(13-18)31-35-24-12-9-20(32)14-27(24)39-31/h4-16H,1-3H3,(H,34,37). The van der Waals surface area contributed by atoms with Crippen LogP contribution in [0.5, 0.6) is 0 Å². The fraction of sp³-hybridized carbons (Fsp3) is 0.0968. The lowest BCUT2D eigenvalue weighted by Gasteiger charge is -2.18. The molecule has 0 saturated heterocycles. The molecule has 0 unspecified atom stereocenters. The number of halogens is 2. The average Bonchev–Trinajstić information content (AvgIpc) is 3.53. The number of anilines is 1. The first-order chi connectivity index (χ1) is 18.8. The van der Waals surface area contributed by atoms with Crippen molar-refractivity contribution in [2.24, 2.45) is 0 Å². The summed E-state index contributed by atoms with van der Waals surface area (Å²) >= 11 is 6.12. The van der Waals surface area contributed by atoms with Gasteiger partial charge in [0, 0.05) is 66.1 Å². The molecule has 6 rings (SSSR count). The normalized spacial score (nSPS) is 11.3. The molecule has 0 bridgehead atoms.